The molecule has 0 radical (unpaired) electrons. The highest BCUT2D eigenvalue weighted by atomic mass is 16.5. The molecule has 4 heteroatoms. The van der Waals surface area contributed by atoms with Crippen LogP contribution in [0.4, 0.5) is 0 Å². The van der Waals surface area contributed by atoms with Crippen LogP contribution >= 0.6 is 0 Å². The minimum atomic E-state index is -0.749. The molecular weight excluding hydrogens is 576 g/mol. The summed E-state index contributed by atoms with van der Waals surface area (Å²) in [6, 6.07) is 53.5. The van der Waals surface area contributed by atoms with Gasteiger partial charge in [-0.25, -0.2) is 4.98 Å². The van der Waals surface area contributed by atoms with Crippen LogP contribution < -0.4 is 4.74 Å². The predicted octanol–water partition coefficient (Wildman–Crippen LogP) is 10.3. The maximum Gasteiger partial charge on any atom is 0.132 e. The third-order valence-corrected chi connectivity index (χ3v) is 9.35. The lowest BCUT2D eigenvalue weighted by atomic mass is 9.65. The second-order valence-electron chi connectivity index (χ2n) is 11.9. The monoisotopic (exact) mass is 604 g/mol. The van der Waals surface area contributed by atoms with E-state index in [9.17, 15) is 5.11 Å². The second kappa shape index (κ2) is 10.7. The smallest absolute Gasteiger partial charge is 0.132 e. The number of aromatic hydroxyl groups is 1. The average molecular weight is 605 g/mol. The lowest BCUT2D eigenvalue weighted by molar-refractivity contribution is 0.432. The molecule has 1 aliphatic rings. The van der Waals surface area contributed by atoms with Gasteiger partial charge >= 0.3 is 0 Å². The first-order valence-electron chi connectivity index (χ1n) is 15.7. The fourth-order valence-electron chi connectivity index (χ4n) is 7.24. The molecule has 0 saturated carbocycles. The van der Waals surface area contributed by atoms with Crippen LogP contribution in [0.2, 0.25) is 0 Å². The van der Waals surface area contributed by atoms with Gasteiger partial charge in [-0.15, -0.1) is 0 Å². The van der Waals surface area contributed by atoms with E-state index in [4.69, 9.17) is 14.7 Å². The molecule has 2 aromatic heterocycles. The van der Waals surface area contributed by atoms with E-state index in [0.29, 0.717) is 11.3 Å². The number of rotatable bonds is 4. The lowest BCUT2D eigenvalue weighted by Crippen LogP contribution is -2.35. The number of fused-ring (bicyclic) bond motifs is 5. The van der Waals surface area contributed by atoms with Gasteiger partial charge in [0.15, 0.2) is 0 Å². The molecule has 0 unspecified atom stereocenters. The molecule has 0 saturated heterocycles. The number of pyridine rings is 2. The highest BCUT2D eigenvalue weighted by Gasteiger charge is 2.46. The zero-order valence-corrected chi connectivity index (χ0v) is 25.3. The molecule has 0 amide bonds. The number of nitrogens with zero attached hydrogens (tertiary/aromatic N) is 2. The average Bonchev–Trinajstić information content (AvgIpc) is 3.14. The van der Waals surface area contributed by atoms with E-state index in [1.807, 2.05) is 66.9 Å². The molecular formula is C43H28N2O2. The Kier molecular flexibility index (Phi) is 6.15. The highest BCUT2D eigenvalue weighted by Crippen LogP contribution is 2.55. The topological polar surface area (TPSA) is 55.2 Å². The van der Waals surface area contributed by atoms with Crippen LogP contribution in [-0.4, -0.2) is 15.1 Å². The molecule has 8 aromatic rings. The van der Waals surface area contributed by atoms with Gasteiger partial charge in [-0.3, -0.25) is 4.98 Å². The van der Waals surface area contributed by atoms with Gasteiger partial charge in [-0.1, -0.05) is 109 Å². The largest absolute Gasteiger partial charge is 0.507 e. The fraction of sp³-hybridized carbons (Fsp3) is 0.0233. The third kappa shape index (κ3) is 4.15. The van der Waals surface area contributed by atoms with Crippen LogP contribution in [0.15, 0.2) is 164 Å². The first kappa shape index (κ1) is 27.1. The molecule has 0 spiro atoms. The number of hydrogen-bond donors (Lipinski definition) is 1. The molecule has 1 aliphatic heterocycles. The zero-order valence-electron chi connectivity index (χ0n) is 25.3. The number of hydrogen-bond acceptors (Lipinski definition) is 4. The van der Waals surface area contributed by atoms with Gasteiger partial charge in [0.2, 0.25) is 0 Å². The van der Waals surface area contributed by atoms with Gasteiger partial charge in [0.25, 0.3) is 0 Å². The van der Waals surface area contributed by atoms with E-state index >= 15 is 0 Å². The summed E-state index contributed by atoms with van der Waals surface area (Å²) < 4.78 is 6.51. The van der Waals surface area contributed by atoms with Gasteiger partial charge in [0.05, 0.1) is 22.3 Å². The number of phenols is 1. The van der Waals surface area contributed by atoms with E-state index < -0.39 is 5.41 Å². The van der Waals surface area contributed by atoms with Gasteiger partial charge in [-0.2, -0.15) is 0 Å². The van der Waals surface area contributed by atoms with Crippen LogP contribution in [0, 0.1) is 0 Å². The van der Waals surface area contributed by atoms with E-state index in [-0.39, 0.29) is 5.75 Å². The first-order chi connectivity index (χ1) is 23.2. The quantitative estimate of drug-likeness (QED) is 0.203. The maximum atomic E-state index is 10.9. The molecule has 0 fully saturated rings. The number of aromatic nitrogens is 2. The van der Waals surface area contributed by atoms with Crippen LogP contribution in [-0.2, 0) is 5.41 Å². The Hall–Kier alpha value is -6.26. The van der Waals surface area contributed by atoms with Gasteiger partial charge in [0, 0.05) is 33.7 Å². The standard InChI is InChI=1S/C43H28N2O2/c46-38-17-7-4-14-32(38)37-27-33(28-12-2-1-3-13-28)31-24-22-29-21-23-30(26-34(29)42(31)45-37)43(41-20-10-11-25-44-41)35-15-5-8-18-39(35)47-40-19-9-6-16-36(40)43/h1-27,46H. The molecule has 6 aromatic carbocycles. The summed E-state index contributed by atoms with van der Waals surface area (Å²) in [6.07, 6.45) is 1.86. The molecule has 4 nitrogen and oxygen atoms in total. The fourth-order valence-corrected chi connectivity index (χ4v) is 7.24. The molecule has 9 rings (SSSR count). The van der Waals surface area contributed by atoms with Crippen molar-refractivity contribution >= 4 is 21.7 Å². The van der Waals surface area contributed by atoms with E-state index in [2.05, 4.69) is 91.0 Å². The second-order valence-corrected chi connectivity index (χ2v) is 11.9. The van der Waals surface area contributed by atoms with Crippen LogP contribution in [0.5, 0.6) is 17.2 Å². The van der Waals surface area contributed by atoms with Crippen LogP contribution in [0.1, 0.15) is 22.4 Å². The molecule has 0 atom stereocenters. The third-order valence-electron chi connectivity index (χ3n) is 9.35. The van der Waals surface area contributed by atoms with Gasteiger partial charge in [0.1, 0.15) is 17.2 Å². The molecule has 222 valence electrons. The summed E-state index contributed by atoms with van der Waals surface area (Å²) in [6.45, 7) is 0. The van der Waals surface area contributed by atoms with Crippen molar-refractivity contribution in [1.29, 1.82) is 0 Å². The Balaban J connectivity index is 1.41. The SMILES string of the molecule is Oc1ccccc1-c1cc(-c2ccccc2)c2ccc3ccc(C4(c5ccccn5)c5ccccc5Oc5ccccc54)cc3c2n1. The molecule has 0 bridgehead atoms. The Bertz CT molecular complexity index is 2410. The zero-order chi connectivity index (χ0) is 31.4. The minimum absolute atomic E-state index is 0.198. The molecule has 47 heavy (non-hydrogen) atoms. The number of ether oxygens (including phenoxy) is 1. The Morgan fingerprint density at radius 3 is 1.98 bits per heavy atom. The van der Waals surface area contributed by atoms with Crippen molar-refractivity contribution < 1.29 is 9.84 Å². The van der Waals surface area contributed by atoms with Gasteiger partial charge in [-0.05, 0) is 70.6 Å². The Morgan fingerprint density at radius 2 is 1.23 bits per heavy atom. The lowest BCUT2D eigenvalue weighted by Gasteiger charge is -2.40. The van der Waals surface area contributed by atoms with Gasteiger partial charge < -0.3 is 9.84 Å². The summed E-state index contributed by atoms with van der Waals surface area (Å²) in [4.78, 5) is 10.3. The van der Waals surface area contributed by atoms with Crippen molar-refractivity contribution in [2.45, 2.75) is 5.41 Å². The van der Waals surface area contributed by atoms with E-state index in [1.165, 1.54) is 0 Å². The Morgan fingerprint density at radius 1 is 0.553 bits per heavy atom. The number of benzene rings is 6. The number of phenolic OH excluding ortho intramolecular Hbond substituents is 1. The summed E-state index contributed by atoms with van der Waals surface area (Å²) in [5.41, 5.74) is 7.72. The first-order valence-corrected chi connectivity index (χ1v) is 15.7. The summed E-state index contributed by atoms with van der Waals surface area (Å²) in [7, 11) is 0. The van der Waals surface area contributed by atoms with Crippen LogP contribution in [0.25, 0.3) is 44.1 Å². The van der Waals surface area contributed by atoms with Crippen molar-refractivity contribution in [1.82, 2.24) is 9.97 Å². The predicted molar refractivity (Wildman–Crippen MR) is 188 cm³/mol. The van der Waals surface area contributed by atoms with E-state index in [1.54, 1.807) is 6.07 Å². The van der Waals surface area contributed by atoms with Crippen molar-refractivity contribution in [3.63, 3.8) is 0 Å². The van der Waals surface area contributed by atoms with Crippen molar-refractivity contribution in [3.8, 4) is 39.6 Å². The Labute approximate surface area is 272 Å². The minimum Gasteiger partial charge on any atom is -0.507 e. The van der Waals surface area contributed by atoms with E-state index in [0.717, 1.165) is 66.7 Å². The summed E-state index contributed by atoms with van der Waals surface area (Å²) >= 11 is 0. The highest BCUT2D eigenvalue weighted by molar-refractivity contribution is 6.11. The maximum absolute atomic E-state index is 10.9. The summed E-state index contributed by atoms with van der Waals surface area (Å²) in [5, 5.41) is 14.0. The van der Waals surface area contributed by atoms with Crippen LogP contribution in [0.3, 0.4) is 0 Å². The van der Waals surface area contributed by atoms with Crippen molar-refractivity contribution in [2.75, 3.05) is 0 Å². The normalized spacial score (nSPS) is 13.1. The molecule has 3 heterocycles. The molecule has 1 N–H and O–H groups in total. The van der Waals surface area contributed by atoms with Crippen molar-refractivity contribution in [3.05, 3.63) is 186 Å². The molecule has 0 aliphatic carbocycles. The summed E-state index contributed by atoms with van der Waals surface area (Å²) in [5.74, 6) is 1.81. The number of para-hydroxylation sites is 3. The van der Waals surface area contributed by atoms with Crippen molar-refractivity contribution in [2.24, 2.45) is 0 Å².